The van der Waals surface area contributed by atoms with Crippen molar-refractivity contribution in [2.45, 2.75) is 18.9 Å². The highest BCUT2D eigenvalue weighted by Crippen LogP contribution is 2.19. The van der Waals surface area contributed by atoms with Crippen molar-refractivity contribution in [1.82, 2.24) is 15.1 Å². The molecule has 0 amide bonds. The highest BCUT2D eigenvalue weighted by Gasteiger charge is 2.32. The zero-order chi connectivity index (χ0) is 9.10. The molecule has 2 aliphatic rings. The summed E-state index contributed by atoms with van der Waals surface area (Å²) in [7, 11) is 2.03. The van der Waals surface area contributed by atoms with E-state index >= 15 is 0 Å². The molecular formula is C10H21N3. The van der Waals surface area contributed by atoms with Crippen LogP contribution in [-0.2, 0) is 0 Å². The first-order chi connectivity index (χ1) is 6.40. The van der Waals surface area contributed by atoms with Gasteiger partial charge in [0.05, 0.1) is 0 Å². The van der Waals surface area contributed by atoms with Crippen LogP contribution in [0.3, 0.4) is 0 Å². The van der Waals surface area contributed by atoms with Crippen molar-refractivity contribution in [3.63, 3.8) is 0 Å². The first kappa shape index (κ1) is 9.44. The predicted molar refractivity (Wildman–Crippen MR) is 55.0 cm³/mol. The molecule has 0 spiro atoms. The third kappa shape index (κ3) is 2.22. The molecule has 0 aliphatic carbocycles. The summed E-state index contributed by atoms with van der Waals surface area (Å²) in [5.74, 6) is 0. The zero-order valence-electron chi connectivity index (χ0n) is 8.63. The minimum absolute atomic E-state index is 0.888. The van der Waals surface area contributed by atoms with E-state index in [1.54, 1.807) is 0 Å². The van der Waals surface area contributed by atoms with Crippen LogP contribution in [0.1, 0.15) is 12.8 Å². The van der Waals surface area contributed by atoms with E-state index in [0.29, 0.717) is 0 Å². The molecule has 2 saturated heterocycles. The van der Waals surface area contributed by atoms with Crippen molar-refractivity contribution in [1.29, 1.82) is 0 Å². The van der Waals surface area contributed by atoms with Crippen LogP contribution in [0.25, 0.3) is 0 Å². The van der Waals surface area contributed by atoms with E-state index in [4.69, 9.17) is 0 Å². The average molecular weight is 183 g/mol. The van der Waals surface area contributed by atoms with Gasteiger partial charge in [0.2, 0.25) is 0 Å². The van der Waals surface area contributed by atoms with E-state index in [1.807, 2.05) is 7.05 Å². The Kier molecular flexibility index (Phi) is 3.19. The monoisotopic (exact) mass is 183 g/mol. The summed E-state index contributed by atoms with van der Waals surface area (Å²) >= 11 is 0. The highest BCUT2D eigenvalue weighted by molar-refractivity contribution is 4.89. The molecular weight excluding hydrogens is 162 g/mol. The molecule has 2 heterocycles. The first-order valence-electron chi connectivity index (χ1n) is 5.51. The van der Waals surface area contributed by atoms with Crippen molar-refractivity contribution in [3.8, 4) is 0 Å². The third-order valence-corrected chi connectivity index (χ3v) is 3.27. The Balaban J connectivity index is 1.60. The van der Waals surface area contributed by atoms with Gasteiger partial charge in [-0.15, -0.1) is 0 Å². The second kappa shape index (κ2) is 4.40. The molecule has 13 heavy (non-hydrogen) atoms. The summed E-state index contributed by atoms with van der Waals surface area (Å²) in [5.41, 5.74) is 0. The molecule has 2 aliphatic heterocycles. The Morgan fingerprint density at radius 1 is 1.23 bits per heavy atom. The van der Waals surface area contributed by atoms with Crippen LogP contribution in [0, 0.1) is 0 Å². The lowest BCUT2D eigenvalue weighted by Crippen LogP contribution is -2.59. The molecule has 2 rings (SSSR count). The van der Waals surface area contributed by atoms with Gasteiger partial charge in [0.25, 0.3) is 0 Å². The van der Waals surface area contributed by atoms with Gasteiger partial charge < -0.3 is 5.32 Å². The van der Waals surface area contributed by atoms with Gasteiger partial charge in [0.1, 0.15) is 0 Å². The summed E-state index contributed by atoms with van der Waals surface area (Å²) in [4.78, 5) is 5.20. The van der Waals surface area contributed by atoms with Crippen LogP contribution < -0.4 is 5.32 Å². The number of rotatable bonds is 4. The Morgan fingerprint density at radius 2 is 1.92 bits per heavy atom. The SMILES string of the molecule is CNCCN1CC(N2CCCC2)C1. The number of likely N-dealkylation sites (tertiary alicyclic amines) is 2. The summed E-state index contributed by atoms with van der Waals surface area (Å²) in [5, 5.41) is 3.20. The molecule has 0 radical (unpaired) electrons. The van der Waals surface area contributed by atoms with E-state index in [9.17, 15) is 0 Å². The number of nitrogens with one attached hydrogen (secondary N) is 1. The average Bonchev–Trinajstić information content (AvgIpc) is 2.54. The molecule has 1 N–H and O–H groups in total. The van der Waals surface area contributed by atoms with Crippen LogP contribution in [0.5, 0.6) is 0 Å². The van der Waals surface area contributed by atoms with E-state index in [-0.39, 0.29) is 0 Å². The first-order valence-corrected chi connectivity index (χ1v) is 5.51. The predicted octanol–water partition coefficient (Wildman–Crippen LogP) is -0.0142. The van der Waals surface area contributed by atoms with Gasteiger partial charge in [0, 0.05) is 32.2 Å². The minimum Gasteiger partial charge on any atom is -0.318 e. The van der Waals surface area contributed by atoms with Crippen LogP contribution >= 0.6 is 0 Å². The quantitative estimate of drug-likeness (QED) is 0.661. The number of hydrogen-bond acceptors (Lipinski definition) is 3. The second-order valence-electron chi connectivity index (χ2n) is 4.26. The lowest BCUT2D eigenvalue weighted by Gasteiger charge is -2.44. The van der Waals surface area contributed by atoms with E-state index in [0.717, 1.165) is 12.6 Å². The van der Waals surface area contributed by atoms with Crippen LogP contribution in [-0.4, -0.2) is 62.2 Å². The van der Waals surface area contributed by atoms with Crippen molar-refractivity contribution < 1.29 is 0 Å². The number of hydrogen-bond donors (Lipinski definition) is 1. The van der Waals surface area contributed by atoms with Crippen LogP contribution in [0.2, 0.25) is 0 Å². The normalized spacial score (nSPS) is 26.5. The summed E-state index contributed by atoms with van der Waals surface area (Å²) in [6.45, 7) is 7.67. The fourth-order valence-electron chi connectivity index (χ4n) is 2.33. The van der Waals surface area contributed by atoms with E-state index < -0.39 is 0 Å². The van der Waals surface area contributed by atoms with Gasteiger partial charge in [-0.3, -0.25) is 9.80 Å². The number of nitrogens with zero attached hydrogens (tertiary/aromatic N) is 2. The molecule has 0 aromatic carbocycles. The Bertz CT molecular complexity index is 148. The van der Waals surface area contributed by atoms with E-state index in [1.165, 1.54) is 45.6 Å². The Labute approximate surface area is 81.1 Å². The summed E-state index contributed by atoms with van der Waals surface area (Å²) < 4.78 is 0. The van der Waals surface area contributed by atoms with Gasteiger partial charge >= 0.3 is 0 Å². The second-order valence-corrected chi connectivity index (χ2v) is 4.26. The third-order valence-electron chi connectivity index (χ3n) is 3.27. The molecule has 2 fully saturated rings. The molecule has 0 saturated carbocycles. The molecule has 3 nitrogen and oxygen atoms in total. The van der Waals surface area contributed by atoms with Crippen LogP contribution in [0.4, 0.5) is 0 Å². The van der Waals surface area contributed by atoms with Crippen LogP contribution in [0.15, 0.2) is 0 Å². The van der Waals surface area contributed by atoms with E-state index in [2.05, 4.69) is 15.1 Å². The fraction of sp³-hybridized carbons (Fsp3) is 1.00. The van der Waals surface area contributed by atoms with Crippen molar-refractivity contribution in [3.05, 3.63) is 0 Å². The standard InChI is InChI=1S/C10H21N3/c1-11-4-7-12-8-10(9-12)13-5-2-3-6-13/h10-11H,2-9H2,1H3. The molecule has 0 aromatic rings. The van der Waals surface area contributed by atoms with Crippen molar-refractivity contribution in [2.75, 3.05) is 46.3 Å². The molecule has 0 aromatic heterocycles. The molecule has 76 valence electrons. The summed E-state index contributed by atoms with van der Waals surface area (Å²) in [6.07, 6.45) is 2.85. The largest absolute Gasteiger partial charge is 0.318 e. The molecule has 0 unspecified atom stereocenters. The lowest BCUT2D eigenvalue weighted by molar-refractivity contribution is 0.0495. The van der Waals surface area contributed by atoms with Gasteiger partial charge in [-0.2, -0.15) is 0 Å². The lowest BCUT2D eigenvalue weighted by atomic mass is 10.1. The van der Waals surface area contributed by atoms with Gasteiger partial charge in [-0.1, -0.05) is 0 Å². The van der Waals surface area contributed by atoms with Gasteiger partial charge in [0.15, 0.2) is 0 Å². The molecule has 3 heteroatoms. The minimum atomic E-state index is 0.888. The van der Waals surface area contributed by atoms with Crippen molar-refractivity contribution in [2.24, 2.45) is 0 Å². The molecule has 0 bridgehead atoms. The van der Waals surface area contributed by atoms with Gasteiger partial charge in [-0.05, 0) is 33.0 Å². The maximum Gasteiger partial charge on any atom is 0.0350 e. The topological polar surface area (TPSA) is 18.5 Å². The fourth-order valence-corrected chi connectivity index (χ4v) is 2.33. The van der Waals surface area contributed by atoms with Gasteiger partial charge in [-0.25, -0.2) is 0 Å². The molecule has 0 atom stereocenters. The maximum atomic E-state index is 3.20. The Morgan fingerprint density at radius 3 is 2.54 bits per heavy atom. The smallest absolute Gasteiger partial charge is 0.0350 e. The summed E-state index contributed by atoms with van der Waals surface area (Å²) in [6, 6.07) is 0.888. The zero-order valence-corrected chi connectivity index (χ0v) is 8.63. The maximum absolute atomic E-state index is 3.20. The van der Waals surface area contributed by atoms with Crippen molar-refractivity contribution >= 4 is 0 Å². The number of likely N-dealkylation sites (N-methyl/N-ethyl adjacent to an activating group) is 1. The highest BCUT2D eigenvalue weighted by atomic mass is 15.3. The Hall–Kier alpha value is -0.120.